The van der Waals surface area contributed by atoms with E-state index in [4.69, 9.17) is 7.85 Å². The molecule has 0 aliphatic carbocycles. The van der Waals surface area contributed by atoms with Gasteiger partial charge in [0.2, 0.25) is 0 Å². The van der Waals surface area contributed by atoms with Crippen LogP contribution < -0.4 is 0 Å². The summed E-state index contributed by atoms with van der Waals surface area (Å²) in [6.07, 6.45) is 4.83. The highest BCUT2D eigenvalue weighted by Gasteiger charge is 2.18. The molecule has 0 aromatic heterocycles. The summed E-state index contributed by atoms with van der Waals surface area (Å²) in [4.78, 5) is 12.1. The first-order chi connectivity index (χ1) is 9.65. The first-order valence-electron chi connectivity index (χ1n) is 6.42. The lowest BCUT2D eigenvalue weighted by Crippen LogP contribution is -2.20. The monoisotopic (exact) mass is 258 g/mol. The Bertz CT molecular complexity index is 616. The molecule has 0 saturated carbocycles. The summed E-state index contributed by atoms with van der Waals surface area (Å²) in [5.41, 5.74) is 1.54. The van der Waals surface area contributed by atoms with Crippen LogP contribution in [-0.4, -0.2) is 13.6 Å². The van der Waals surface area contributed by atoms with Crippen LogP contribution in [0.3, 0.4) is 0 Å². The van der Waals surface area contributed by atoms with Gasteiger partial charge in [-0.3, -0.25) is 4.79 Å². The molecular weight excluding hydrogens is 243 g/mol. The van der Waals surface area contributed by atoms with Gasteiger partial charge >= 0.3 is 0 Å². The van der Waals surface area contributed by atoms with E-state index < -0.39 is 5.31 Å². The largest absolute Gasteiger partial charge is 0.289 e. The molecule has 0 heterocycles. The van der Waals surface area contributed by atoms with Gasteiger partial charge in [-0.15, -0.1) is 6.58 Å². The summed E-state index contributed by atoms with van der Waals surface area (Å²) in [6, 6.07) is 18.7. The third-order valence-electron chi connectivity index (χ3n) is 3.18. The summed E-state index contributed by atoms with van der Waals surface area (Å²) in [7, 11) is 6.29. The molecule has 0 aliphatic heterocycles. The molecule has 2 radical (unpaired) electrons. The SMILES string of the molecule is [B][C@@](C=C)(/C=C/C(=O)c1ccccc1)c1ccccc1. The molecule has 96 valence electrons. The Morgan fingerprint density at radius 3 is 2.10 bits per heavy atom. The summed E-state index contributed by atoms with van der Waals surface area (Å²) in [5, 5.41) is -0.842. The number of rotatable bonds is 5. The van der Waals surface area contributed by atoms with Crippen molar-refractivity contribution in [3.63, 3.8) is 0 Å². The van der Waals surface area contributed by atoms with E-state index in [2.05, 4.69) is 6.58 Å². The predicted molar refractivity (Wildman–Crippen MR) is 84.0 cm³/mol. The van der Waals surface area contributed by atoms with Crippen LogP contribution in [0.4, 0.5) is 0 Å². The normalized spacial score (nSPS) is 13.8. The molecule has 20 heavy (non-hydrogen) atoms. The van der Waals surface area contributed by atoms with Crippen LogP contribution in [0, 0.1) is 0 Å². The molecule has 2 heteroatoms. The maximum Gasteiger partial charge on any atom is 0.185 e. The van der Waals surface area contributed by atoms with Crippen LogP contribution >= 0.6 is 0 Å². The quantitative estimate of drug-likeness (QED) is 0.346. The number of hydrogen-bond donors (Lipinski definition) is 0. The molecule has 2 aromatic carbocycles. The van der Waals surface area contributed by atoms with Gasteiger partial charge in [0.1, 0.15) is 0 Å². The molecule has 2 rings (SSSR count). The van der Waals surface area contributed by atoms with Gasteiger partial charge in [0.15, 0.2) is 5.78 Å². The van der Waals surface area contributed by atoms with Crippen LogP contribution in [0.2, 0.25) is 0 Å². The highest BCUT2D eigenvalue weighted by atomic mass is 16.1. The maximum absolute atomic E-state index is 12.1. The lowest BCUT2D eigenvalue weighted by Gasteiger charge is -2.22. The van der Waals surface area contributed by atoms with Crippen molar-refractivity contribution in [2.75, 3.05) is 0 Å². The number of benzene rings is 2. The number of hydrogen-bond acceptors (Lipinski definition) is 1. The van der Waals surface area contributed by atoms with Gasteiger partial charge in [-0.25, -0.2) is 0 Å². The van der Waals surface area contributed by atoms with Crippen LogP contribution in [-0.2, 0) is 5.31 Å². The minimum atomic E-state index is -0.842. The van der Waals surface area contributed by atoms with Gasteiger partial charge in [-0.05, 0) is 17.0 Å². The second kappa shape index (κ2) is 6.20. The fourth-order valence-corrected chi connectivity index (χ4v) is 1.92. The predicted octanol–water partition coefficient (Wildman–Crippen LogP) is 3.68. The first-order valence-corrected chi connectivity index (χ1v) is 6.42. The molecule has 0 spiro atoms. The van der Waals surface area contributed by atoms with E-state index in [-0.39, 0.29) is 5.78 Å². The topological polar surface area (TPSA) is 17.1 Å². The summed E-state index contributed by atoms with van der Waals surface area (Å²) in [5.74, 6) is -0.0711. The lowest BCUT2D eigenvalue weighted by molar-refractivity contribution is 0.104. The molecular formula is C18H15BO. The highest BCUT2D eigenvalue weighted by molar-refractivity contribution is 6.19. The Kier molecular flexibility index (Phi) is 4.36. The Morgan fingerprint density at radius 2 is 1.55 bits per heavy atom. The lowest BCUT2D eigenvalue weighted by atomic mass is 9.64. The van der Waals surface area contributed by atoms with E-state index in [0.717, 1.165) is 5.56 Å². The summed E-state index contributed by atoms with van der Waals surface area (Å²) >= 11 is 0. The van der Waals surface area contributed by atoms with Gasteiger partial charge in [-0.2, -0.15) is 0 Å². The fraction of sp³-hybridized carbons (Fsp3) is 0.0556. The molecule has 1 atom stereocenters. The maximum atomic E-state index is 12.1. The zero-order valence-electron chi connectivity index (χ0n) is 11.2. The Balaban J connectivity index is 2.24. The average Bonchev–Trinajstić information content (AvgIpc) is 2.54. The molecule has 0 fully saturated rings. The Labute approximate surface area is 121 Å². The number of allylic oxidation sites excluding steroid dienone is 3. The van der Waals surface area contributed by atoms with E-state index in [1.54, 1.807) is 24.3 Å². The molecule has 0 unspecified atom stereocenters. The molecule has 1 nitrogen and oxygen atoms in total. The minimum absolute atomic E-state index is 0.0711. The molecule has 0 amide bonds. The van der Waals surface area contributed by atoms with Crippen molar-refractivity contribution in [3.8, 4) is 0 Å². The number of ketones is 1. The van der Waals surface area contributed by atoms with Gasteiger partial charge in [0.25, 0.3) is 0 Å². The van der Waals surface area contributed by atoms with Crippen molar-refractivity contribution < 1.29 is 4.79 Å². The number of carbonyl (C=O) groups is 1. The van der Waals surface area contributed by atoms with Gasteiger partial charge in [-0.1, -0.05) is 72.8 Å². The van der Waals surface area contributed by atoms with Crippen molar-refractivity contribution >= 4 is 13.6 Å². The van der Waals surface area contributed by atoms with E-state index in [0.29, 0.717) is 5.56 Å². The fourth-order valence-electron chi connectivity index (χ4n) is 1.92. The Morgan fingerprint density at radius 1 is 1.00 bits per heavy atom. The zero-order chi connectivity index (χ0) is 14.4. The molecule has 0 saturated heterocycles. The molecule has 0 N–H and O–H groups in total. The van der Waals surface area contributed by atoms with Crippen molar-refractivity contribution in [2.24, 2.45) is 0 Å². The Hall–Kier alpha value is -2.35. The third kappa shape index (κ3) is 3.15. The zero-order valence-corrected chi connectivity index (χ0v) is 11.2. The van der Waals surface area contributed by atoms with Crippen molar-refractivity contribution in [3.05, 3.63) is 96.6 Å². The standard InChI is InChI=1S/C18H15BO/c1-2-18(19,16-11-7-4-8-12-16)14-13-17(20)15-9-5-3-6-10-15/h2-14H,1H2/b14-13+/t18-/m0/s1. The number of carbonyl (C=O) groups excluding carboxylic acids is 1. The first kappa shape index (κ1) is 14.1. The summed E-state index contributed by atoms with van der Waals surface area (Å²) in [6.45, 7) is 3.77. The third-order valence-corrected chi connectivity index (χ3v) is 3.18. The minimum Gasteiger partial charge on any atom is -0.289 e. The molecule has 0 bridgehead atoms. The van der Waals surface area contributed by atoms with Crippen LogP contribution in [0.5, 0.6) is 0 Å². The average molecular weight is 258 g/mol. The van der Waals surface area contributed by atoms with Crippen LogP contribution in [0.25, 0.3) is 0 Å². The molecule has 2 aromatic rings. The van der Waals surface area contributed by atoms with E-state index in [1.165, 1.54) is 6.08 Å². The second-order valence-corrected chi connectivity index (χ2v) is 4.57. The van der Waals surface area contributed by atoms with Crippen LogP contribution in [0.1, 0.15) is 15.9 Å². The van der Waals surface area contributed by atoms with Crippen LogP contribution in [0.15, 0.2) is 85.5 Å². The highest BCUT2D eigenvalue weighted by Crippen LogP contribution is 2.23. The van der Waals surface area contributed by atoms with Gasteiger partial charge in [0, 0.05) is 5.56 Å². The van der Waals surface area contributed by atoms with E-state index in [1.807, 2.05) is 48.5 Å². The van der Waals surface area contributed by atoms with Crippen molar-refractivity contribution in [2.45, 2.75) is 5.31 Å². The van der Waals surface area contributed by atoms with Gasteiger partial charge in [0.05, 0.1) is 7.85 Å². The van der Waals surface area contributed by atoms with E-state index in [9.17, 15) is 4.79 Å². The van der Waals surface area contributed by atoms with Crippen molar-refractivity contribution in [1.82, 2.24) is 0 Å². The smallest absolute Gasteiger partial charge is 0.185 e. The van der Waals surface area contributed by atoms with Crippen molar-refractivity contribution in [1.29, 1.82) is 0 Å². The van der Waals surface area contributed by atoms with Gasteiger partial charge < -0.3 is 0 Å². The molecule has 0 aliphatic rings. The summed E-state index contributed by atoms with van der Waals surface area (Å²) < 4.78 is 0. The second-order valence-electron chi connectivity index (χ2n) is 4.57. The van der Waals surface area contributed by atoms with E-state index >= 15 is 0 Å².